The zero-order valence-electron chi connectivity index (χ0n) is 21.6. The molecule has 0 spiro atoms. The zero-order valence-corrected chi connectivity index (χ0v) is 21.6. The fraction of sp³-hybridized carbons (Fsp3) is 0.357. The Morgan fingerprint density at radius 3 is 2.32 bits per heavy atom. The highest BCUT2D eigenvalue weighted by Crippen LogP contribution is 2.51. The van der Waals surface area contributed by atoms with E-state index in [2.05, 4.69) is 4.98 Å². The number of phenolic OH excluding ortho intramolecular Hbond substituents is 1. The van der Waals surface area contributed by atoms with E-state index in [9.17, 15) is 29.7 Å². The summed E-state index contributed by atoms with van der Waals surface area (Å²) < 4.78 is 0. The minimum absolute atomic E-state index is 0.0587. The second-order valence-electron chi connectivity index (χ2n) is 10.6. The fourth-order valence-corrected chi connectivity index (χ4v) is 6.35. The second-order valence-corrected chi connectivity index (χ2v) is 10.6. The lowest BCUT2D eigenvalue weighted by molar-refractivity contribution is -0.127. The van der Waals surface area contributed by atoms with Crippen LogP contribution in [-0.4, -0.2) is 76.9 Å². The summed E-state index contributed by atoms with van der Waals surface area (Å²) in [4.78, 5) is 47.2. The van der Waals surface area contributed by atoms with Gasteiger partial charge in [0.25, 0.3) is 5.91 Å². The third-order valence-corrected chi connectivity index (χ3v) is 7.97. The van der Waals surface area contributed by atoms with Gasteiger partial charge in [-0.3, -0.25) is 19.3 Å². The molecule has 0 saturated carbocycles. The van der Waals surface area contributed by atoms with Crippen molar-refractivity contribution in [3.05, 3.63) is 64.3 Å². The van der Waals surface area contributed by atoms with Gasteiger partial charge in [0.05, 0.1) is 17.5 Å². The Morgan fingerprint density at radius 2 is 1.74 bits per heavy atom. The monoisotopic (exact) mass is 518 g/mol. The summed E-state index contributed by atoms with van der Waals surface area (Å²) >= 11 is 0. The van der Waals surface area contributed by atoms with Crippen molar-refractivity contribution in [3.63, 3.8) is 0 Å². The third kappa shape index (κ3) is 3.66. The van der Waals surface area contributed by atoms with Crippen LogP contribution in [0.25, 0.3) is 11.1 Å². The van der Waals surface area contributed by atoms with E-state index in [-0.39, 0.29) is 16.9 Å². The number of carbonyl (C=O) groups is 3. The first-order chi connectivity index (χ1) is 17.9. The number of phenols is 1. The number of aliphatic hydroxyl groups is 2. The number of anilines is 1. The van der Waals surface area contributed by atoms with Gasteiger partial charge < -0.3 is 26.0 Å². The number of nitrogens with two attached hydrogens (primary N) is 1. The van der Waals surface area contributed by atoms with Crippen LogP contribution in [0.5, 0.6) is 5.75 Å². The molecule has 5 N–H and O–H groups in total. The van der Waals surface area contributed by atoms with Crippen molar-refractivity contribution in [2.75, 3.05) is 33.1 Å². The second kappa shape index (κ2) is 8.98. The Kier molecular flexibility index (Phi) is 6.02. The van der Waals surface area contributed by atoms with E-state index < -0.39 is 58.4 Å². The molecule has 5 rings (SSSR count). The largest absolute Gasteiger partial charge is 0.511 e. The van der Waals surface area contributed by atoms with Crippen molar-refractivity contribution in [1.29, 1.82) is 0 Å². The maximum absolute atomic E-state index is 13.8. The van der Waals surface area contributed by atoms with E-state index >= 15 is 0 Å². The van der Waals surface area contributed by atoms with Gasteiger partial charge in [0.15, 0.2) is 11.6 Å². The smallest absolute Gasteiger partial charge is 0.255 e. The molecular formula is C28H30N4O6. The summed E-state index contributed by atoms with van der Waals surface area (Å²) in [5.74, 6) is -5.00. The standard InChI is InChI=1S/C28H30N4O6/c1-31(2)18-8-5-12(11-30-18)14-6-7-17(33)20-15(14)9-13-10-16-21(25(35)19(13)24(20)34)26(36)22(28(29)38)27(37)23(16)32(3)4/h5-8,11,13,16,21,23,33,35,37H,9-10H2,1-4H3,(H2,29,38). The number of fused-ring (bicyclic) bond motifs is 3. The van der Waals surface area contributed by atoms with Crippen LogP contribution in [0.2, 0.25) is 0 Å². The number of likely N-dealkylation sites (N-methyl/N-ethyl adjacent to an activating group) is 1. The quantitative estimate of drug-likeness (QED) is 0.445. The summed E-state index contributed by atoms with van der Waals surface area (Å²) in [6.45, 7) is 0. The minimum atomic E-state index is -1.20. The number of aromatic hydroxyl groups is 1. The molecule has 2 aromatic rings. The third-order valence-electron chi connectivity index (χ3n) is 7.97. The summed E-state index contributed by atoms with van der Waals surface area (Å²) in [6, 6.07) is 6.19. The number of hydrogen-bond acceptors (Lipinski definition) is 9. The molecule has 10 heteroatoms. The molecule has 3 aliphatic carbocycles. The number of allylic oxidation sites excluding steroid dienone is 2. The van der Waals surface area contributed by atoms with Crippen molar-refractivity contribution < 1.29 is 29.7 Å². The average Bonchev–Trinajstić information content (AvgIpc) is 2.83. The summed E-state index contributed by atoms with van der Waals surface area (Å²) in [5, 5.41) is 33.0. The van der Waals surface area contributed by atoms with Gasteiger partial charge in [-0.1, -0.05) is 6.07 Å². The van der Waals surface area contributed by atoms with Gasteiger partial charge in [-0.25, -0.2) is 4.98 Å². The molecule has 1 aromatic carbocycles. The van der Waals surface area contributed by atoms with Crippen molar-refractivity contribution in [1.82, 2.24) is 9.88 Å². The number of ketones is 2. The van der Waals surface area contributed by atoms with Gasteiger partial charge in [0.1, 0.15) is 28.7 Å². The number of Topliss-reactive ketones (excluding diaryl/α,β-unsaturated/α-hetero) is 2. The maximum atomic E-state index is 13.8. The number of pyridine rings is 1. The number of rotatable bonds is 4. The van der Waals surface area contributed by atoms with Crippen LogP contribution in [0.4, 0.5) is 5.82 Å². The minimum Gasteiger partial charge on any atom is -0.511 e. The van der Waals surface area contributed by atoms with E-state index in [0.717, 1.165) is 16.9 Å². The van der Waals surface area contributed by atoms with Crippen LogP contribution in [0.1, 0.15) is 22.3 Å². The summed E-state index contributed by atoms with van der Waals surface area (Å²) in [6.07, 6.45) is 2.33. The number of amides is 1. The first kappa shape index (κ1) is 25.5. The van der Waals surface area contributed by atoms with Gasteiger partial charge in [-0.05, 0) is 68.1 Å². The molecule has 10 nitrogen and oxygen atoms in total. The molecule has 1 amide bonds. The molecule has 0 aliphatic heterocycles. The molecule has 1 aromatic heterocycles. The summed E-state index contributed by atoms with van der Waals surface area (Å²) in [7, 11) is 7.17. The molecule has 0 radical (unpaired) electrons. The van der Waals surface area contributed by atoms with Crippen molar-refractivity contribution in [2.24, 2.45) is 23.5 Å². The number of aromatic nitrogens is 1. The maximum Gasteiger partial charge on any atom is 0.255 e. The predicted molar refractivity (Wildman–Crippen MR) is 140 cm³/mol. The van der Waals surface area contributed by atoms with Crippen LogP contribution in [0.15, 0.2) is 53.1 Å². The van der Waals surface area contributed by atoms with E-state index in [1.807, 2.05) is 31.1 Å². The lowest BCUT2D eigenvalue weighted by atomic mass is 9.60. The van der Waals surface area contributed by atoms with E-state index in [1.165, 1.54) is 6.07 Å². The van der Waals surface area contributed by atoms with Crippen LogP contribution < -0.4 is 10.6 Å². The molecular weight excluding hydrogens is 488 g/mol. The highest BCUT2D eigenvalue weighted by Gasteiger charge is 2.54. The Balaban J connectivity index is 1.65. The predicted octanol–water partition coefficient (Wildman–Crippen LogP) is 2.13. The fourth-order valence-electron chi connectivity index (χ4n) is 6.35. The highest BCUT2D eigenvalue weighted by molar-refractivity contribution is 6.22. The first-order valence-corrected chi connectivity index (χ1v) is 12.3. The highest BCUT2D eigenvalue weighted by atomic mass is 16.3. The van der Waals surface area contributed by atoms with Gasteiger partial charge in [-0.2, -0.15) is 0 Å². The van der Waals surface area contributed by atoms with E-state index in [4.69, 9.17) is 5.73 Å². The van der Waals surface area contributed by atoms with Gasteiger partial charge >= 0.3 is 0 Å². The number of carbonyl (C=O) groups excluding carboxylic acids is 3. The van der Waals surface area contributed by atoms with Gasteiger partial charge in [0.2, 0.25) is 0 Å². The van der Waals surface area contributed by atoms with Gasteiger partial charge in [-0.15, -0.1) is 0 Å². The Hall–Kier alpha value is -4.18. The lowest BCUT2D eigenvalue weighted by Gasteiger charge is -2.46. The van der Waals surface area contributed by atoms with Crippen LogP contribution in [-0.2, 0) is 16.0 Å². The Labute approximate surface area is 219 Å². The van der Waals surface area contributed by atoms with E-state index in [1.54, 1.807) is 31.3 Å². The lowest BCUT2D eigenvalue weighted by Crippen LogP contribution is -2.53. The topological polar surface area (TPSA) is 157 Å². The Bertz CT molecular complexity index is 1440. The van der Waals surface area contributed by atoms with Gasteiger partial charge in [0, 0.05) is 31.4 Å². The number of primary amides is 1. The number of hydrogen-bond donors (Lipinski definition) is 4. The van der Waals surface area contributed by atoms with Crippen LogP contribution >= 0.6 is 0 Å². The Morgan fingerprint density at radius 1 is 1.03 bits per heavy atom. The number of aliphatic hydroxyl groups excluding tert-OH is 2. The normalized spacial score (nSPS) is 24.8. The molecule has 4 atom stereocenters. The molecule has 198 valence electrons. The van der Waals surface area contributed by atoms with Crippen molar-refractivity contribution >= 4 is 23.3 Å². The van der Waals surface area contributed by atoms with Crippen molar-refractivity contribution in [3.8, 4) is 16.9 Å². The molecule has 0 saturated heterocycles. The zero-order chi connectivity index (χ0) is 27.6. The number of nitrogens with zero attached hydrogens (tertiary/aromatic N) is 3. The molecule has 1 heterocycles. The molecule has 38 heavy (non-hydrogen) atoms. The molecule has 3 aliphatic rings. The summed E-state index contributed by atoms with van der Waals surface area (Å²) in [5.41, 5.74) is 7.15. The first-order valence-electron chi connectivity index (χ1n) is 12.3. The molecule has 0 fully saturated rings. The van der Waals surface area contributed by atoms with Crippen LogP contribution in [0, 0.1) is 17.8 Å². The van der Waals surface area contributed by atoms with Crippen LogP contribution in [0.3, 0.4) is 0 Å². The van der Waals surface area contributed by atoms with E-state index in [0.29, 0.717) is 18.4 Å². The average molecular weight is 519 g/mol. The number of benzene rings is 1. The molecule has 0 bridgehead atoms. The molecule has 4 unspecified atom stereocenters. The SMILES string of the molecule is CN(C)c1ccc(-c2ccc(O)c3c2CC2CC4C(C(=O)C(C(N)=O)=C(O)C4N(C)C)C(O)=C2C3=O)cn1. The van der Waals surface area contributed by atoms with Crippen molar-refractivity contribution in [2.45, 2.75) is 18.9 Å².